The molecule has 1 fully saturated rings. The van der Waals surface area contributed by atoms with Gasteiger partial charge < -0.3 is 15.1 Å². The van der Waals surface area contributed by atoms with Crippen molar-refractivity contribution >= 4 is 11.6 Å². The third kappa shape index (κ3) is 2.94. The number of carbonyl (C=O) groups is 1. The van der Waals surface area contributed by atoms with E-state index in [0.717, 1.165) is 29.9 Å². The topological polar surface area (TPSA) is 59.5 Å². The highest BCUT2D eigenvalue weighted by Crippen LogP contribution is 2.31. The Hall–Kier alpha value is -2.23. The van der Waals surface area contributed by atoms with Crippen LogP contribution in [0.4, 0.5) is 5.69 Å². The van der Waals surface area contributed by atoms with E-state index in [0.29, 0.717) is 23.8 Å². The monoisotopic (exact) mass is 284 g/mol. The minimum atomic E-state index is -0.00671. The third-order valence-electron chi connectivity index (χ3n) is 3.81. The number of benzene rings is 1. The molecule has 4 nitrogen and oxygen atoms in total. The summed E-state index contributed by atoms with van der Waals surface area (Å²) in [6, 6.07) is 9.74. The molecule has 1 saturated carbocycles. The van der Waals surface area contributed by atoms with Gasteiger partial charge in [-0.05, 0) is 51.0 Å². The Kier molecular flexibility index (Phi) is 3.45. The van der Waals surface area contributed by atoms with Crippen LogP contribution in [0.3, 0.4) is 0 Å². The van der Waals surface area contributed by atoms with E-state index >= 15 is 0 Å². The fourth-order valence-corrected chi connectivity index (χ4v) is 2.50. The molecule has 2 aromatic rings. The molecule has 2 N–H and O–H groups in total. The van der Waals surface area contributed by atoms with Gasteiger partial charge in [0.15, 0.2) is 0 Å². The first kappa shape index (κ1) is 13.7. The molecule has 110 valence electrons. The van der Waals surface area contributed by atoms with Crippen LogP contribution in [0, 0.1) is 13.8 Å². The van der Waals surface area contributed by atoms with Crippen LogP contribution < -0.4 is 5.73 Å². The predicted octanol–water partition coefficient (Wildman–Crippen LogP) is 3.28. The quantitative estimate of drug-likeness (QED) is 0.876. The van der Waals surface area contributed by atoms with Crippen LogP contribution in [0.15, 0.2) is 34.7 Å². The molecule has 1 aromatic heterocycles. The SMILES string of the molecule is Cc1ccc(N)c(C(=O)N(Cc2ccc(C)o2)C2CC2)c1. The van der Waals surface area contributed by atoms with Gasteiger partial charge in [-0.2, -0.15) is 0 Å². The van der Waals surface area contributed by atoms with Gasteiger partial charge in [-0.15, -0.1) is 0 Å². The van der Waals surface area contributed by atoms with Gasteiger partial charge in [0, 0.05) is 11.7 Å². The van der Waals surface area contributed by atoms with Crippen LogP contribution in [0.25, 0.3) is 0 Å². The first-order valence-electron chi connectivity index (χ1n) is 7.27. The van der Waals surface area contributed by atoms with Crippen LogP contribution in [0.1, 0.15) is 40.3 Å². The summed E-state index contributed by atoms with van der Waals surface area (Å²) in [6.45, 7) is 4.38. The van der Waals surface area contributed by atoms with Gasteiger partial charge in [0.2, 0.25) is 0 Å². The van der Waals surface area contributed by atoms with Crippen molar-refractivity contribution in [2.75, 3.05) is 5.73 Å². The van der Waals surface area contributed by atoms with Gasteiger partial charge in [0.1, 0.15) is 11.5 Å². The zero-order valence-electron chi connectivity index (χ0n) is 12.4. The molecule has 1 aromatic carbocycles. The van der Waals surface area contributed by atoms with Crippen molar-refractivity contribution < 1.29 is 9.21 Å². The van der Waals surface area contributed by atoms with Gasteiger partial charge in [0.05, 0.1) is 12.1 Å². The van der Waals surface area contributed by atoms with Crippen molar-refractivity contribution in [3.05, 3.63) is 53.0 Å². The van der Waals surface area contributed by atoms with Crippen molar-refractivity contribution in [2.24, 2.45) is 0 Å². The Morgan fingerprint density at radius 1 is 1.29 bits per heavy atom. The summed E-state index contributed by atoms with van der Waals surface area (Å²) in [4.78, 5) is 14.7. The van der Waals surface area contributed by atoms with Crippen LogP contribution in [-0.2, 0) is 6.54 Å². The Morgan fingerprint density at radius 2 is 2.05 bits per heavy atom. The minimum absolute atomic E-state index is 0.00671. The lowest BCUT2D eigenvalue weighted by Gasteiger charge is -2.22. The van der Waals surface area contributed by atoms with Crippen molar-refractivity contribution in [2.45, 2.75) is 39.3 Å². The van der Waals surface area contributed by atoms with E-state index in [1.807, 2.05) is 43.0 Å². The van der Waals surface area contributed by atoms with E-state index in [-0.39, 0.29) is 5.91 Å². The maximum absolute atomic E-state index is 12.8. The highest BCUT2D eigenvalue weighted by Gasteiger charge is 2.34. The minimum Gasteiger partial charge on any atom is -0.464 e. The lowest BCUT2D eigenvalue weighted by Crippen LogP contribution is -2.33. The molecule has 0 radical (unpaired) electrons. The fourth-order valence-electron chi connectivity index (χ4n) is 2.50. The number of amides is 1. The molecule has 0 unspecified atom stereocenters. The average molecular weight is 284 g/mol. The molecule has 1 heterocycles. The molecule has 1 aliphatic carbocycles. The molecule has 4 heteroatoms. The van der Waals surface area contributed by atoms with E-state index in [4.69, 9.17) is 10.2 Å². The molecule has 1 aliphatic rings. The Bertz CT molecular complexity index is 671. The summed E-state index contributed by atoms with van der Waals surface area (Å²) in [5.41, 5.74) is 8.14. The summed E-state index contributed by atoms with van der Waals surface area (Å²) >= 11 is 0. The van der Waals surface area contributed by atoms with Crippen LogP contribution >= 0.6 is 0 Å². The first-order valence-corrected chi connectivity index (χ1v) is 7.27. The number of rotatable bonds is 4. The molecule has 21 heavy (non-hydrogen) atoms. The smallest absolute Gasteiger partial charge is 0.256 e. The average Bonchev–Trinajstić information content (AvgIpc) is 3.21. The zero-order valence-corrected chi connectivity index (χ0v) is 12.4. The summed E-state index contributed by atoms with van der Waals surface area (Å²) in [7, 11) is 0. The van der Waals surface area contributed by atoms with Gasteiger partial charge >= 0.3 is 0 Å². The summed E-state index contributed by atoms with van der Waals surface area (Å²) in [5, 5.41) is 0. The number of hydrogen-bond acceptors (Lipinski definition) is 3. The normalized spacial score (nSPS) is 14.2. The number of furan rings is 1. The standard InChI is InChI=1S/C17H20N2O2/c1-11-3-8-16(18)15(9-11)17(20)19(13-5-6-13)10-14-7-4-12(2)21-14/h3-4,7-9,13H,5-6,10,18H2,1-2H3. The van der Waals surface area contributed by atoms with Crippen LogP contribution in [-0.4, -0.2) is 16.8 Å². The van der Waals surface area contributed by atoms with Gasteiger partial charge in [-0.25, -0.2) is 0 Å². The number of hydrogen-bond donors (Lipinski definition) is 1. The molecule has 1 amide bonds. The second-order valence-electron chi connectivity index (χ2n) is 5.77. The summed E-state index contributed by atoms with van der Waals surface area (Å²) in [6.07, 6.45) is 2.11. The van der Waals surface area contributed by atoms with E-state index in [1.165, 1.54) is 0 Å². The molecule has 0 atom stereocenters. The highest BCUT2D eigenvalue weighted by atomic mass is 16.3. The number of nitrogens with two attached hydrogens (primary N) is 1. The Balaban J connectivity index is 1.86. The maximum atomic E-state index is 12.8. The van der Waals surface area contributed by atoms with Crippen LogP contribution in [0.2, 0.25) is 0 Å². The van der Waals surface area contributed by atoms with E-state index < -0.39 is 0 Å². The molecular weight excluding hydrogens is 264 g/mol. The van der Waals surface area contributed by atoms with Gasteiger partial charge in [0.25, 0.3) is 5.91 Å². The molecule has 0 saturated heterocycles. The molecular formula is C17H20N2O2. The number of nitrogens with zero attached hydrogens (tertiary/aromatic N) is 1. The number of nitrogen functional groups attached to an aromatic ring is 1. The fraction of sp³-hybridized carbons (Fsp3) is 0.353. The van der Waals surface area contributed by atoms with Crippen molar-refractivity contribution in [3.8, 4) is 0 Å². The zero-order chi connectivity index (χ0) is 15.0. The lowest BCUT2D eigenvalue weighted by atomic mass is 10.1. The number of carbonyl (C=O) groups excluding carboxylic acids is 1. The van der Waals surface area contributed by atoms with E-state index in [1.54, 1.807) is 6.07 Å². The van der Waals surface area contributed by atoms with E-state index in [2.05, 4.69) is 0 Å². The maximum Gasteiger partial charge on any atom is 0.256 e. The Morgan fingerprint density at radius 3 is 2.67 bits per heavy atom. The Labute approximate surface area is 124 Å². The molecule has 0 aliphatic heterocycles. The van der Waals surface area contributed by atoms with Crippen molar-refractivity contribution in [1.82, 2.24) is 4.90 Å². The first-order chi connectivity index (χ1) is 10.0. The van der Waals surface area contributed by atoms with Gasteiger partial charge in [-0.3, -0.25) is 4.79 Å². The summed E-state index contributed by atoms with van der Waals surface area (Å²) < 4.78 is 5.61. The summed E-state index contributed by atoms with van der Waals surface area (Å²) in [5.74, 6) is 1.68. The lowest BCUT2D eigenvalue weighted by molar-refractivity contribution is 0.0718. The molecule has 0 spiro atoms. The third-order valence-corrected chi connectivity index (χ3v) is 3.81. The number of aryl methyl sites for hydroxylation is 2. The second-order valence-corrected chi connectivity index (χ2v) is 5.77. The number of anilines is 1. The molecule has 3 rings (SSSR count). The largest absolute Gasteiger partial charge is 0.464 e. The molecule has 0 bridgehead atoms. The van der Waals surface area contributed by atoms with Gasteiger partial charge in [-0.1, -0.05) is 11.6 Å². The predicted molar refractivity (Wildman–Crippen MR) is 81.9 cm³/mol. The highest BCUT2D eigenvalue weighted by molar-refractivity contribution is 5.99. The van der Waals surface area contributed by atoms with Crippen LogP contribution in [0.5, 0.6) is 0 Å². The van der Waals surface area contributed by atoms with E-state index in [9.17, 15) is 4.79 Å². The van der Waals surface area contributed by atoms with Crippen molar-refractivity contribution in [3.63, 3.8) is 0 Å². The van der Waals surface area contributed by atoms with Crippen molar-refractivity contribution in [1.29, 1.82) is 0 Å². The second kappa shape index (κ2) is 5.28.